The molecular weight excluding hydrogens is 314 g/mol. The second-order valence-corrected chi connectivity index (χ2v) is 5.28. The van der Waals surface area contributed by atoms with Crippen LogP contribution in [0.4, 0.5) is 0 Å². The Kier molecular flexibility index (Phi) is 5.22. The van der Waals surface area contributed by atoms with Crippen LogP contribution >= 0.6 is 0 Å². The van der Waals surface area contributed by atoms with Crippen molar-refractivity contribution < 1.29 is 14.3 Å². The van der Waals surface area contributed by atoms with E-state index in [1.807, 2.05) is 42.5 Å². The van der Waals surface area contributed by atoms with Crippen LogP contribution in [0.5, 0.6) is 11.5 Å². The van der Waals surface area contributed by atoms with E-state index in [9.17, 15) is 4.79 Å². The highest BCUT2D eigenvalue weighted by Gasteiger charge is 2.12. The lowest BCUT2D eigenvalue weighted by Gasteiger charge is -2.10. The van der Waals surface area contributed by atoms with Crippen LogP contribution in [0.3, 0.4) is 0 Å². The van der Waals surface area contributed by atoms with E-state index in [1.54, 1.807) is 49.8 Å². The summed E-state index contributed by atoms with van der Waals surface area (Å²) < 4.78 is 10.8. The number of rotatable bonds is 5. The summed E-state index contributed by atoms with van der Waals surface area (Å²) in [5.41, 5.74) is 2.48. The largest absolute Gasteiger partial charge is 0.493 e. The maximum Gasteiger partial charge on any atom is 0.343 e. The fourth-order valence-corrected chi connectivity index (χ4v) is 2.27. The van der Waals surface area contributed by atoms with Crippen LogP contribution < -0.4 is 9.47 Å². The predicted molar refractivity (Wildman–Crippen MR) is 97.6 cm³/mol. The van der Waals surface area contributed by atoms with E-state index in [0.29, 0.717) is 17.1 Å². The molecule has 0 fully saturated rings. The molecule has 0 unspecified atom stereocenters. The molecule has 0 saturated carbocycles. The molecule has 1 heterocycles. The third-order valence-electron chi connectivity index (χ3n) is 3.57. The summed E-state index contributed by atoms with van der Waals surface area (Å²) in [6, 6.07) is 18.1. The highest BCUT2D eigenvalue weighted by Crippen LogP contribution is 2.29. The van der Waals surface area contributed by atoms with Gasteiger partial charge in [-0.05, 0) is 47.5 Å². The molecule has 3 rings (SSSR count). The van der Waals surface area contributed by atoms with Crippen molar-refractivity contribution in [1.29, 1.82) is 0 Å². The van der Waals surface area contributed by atoms with Crippen molar-refractivity contribution in [3.8, 4) is 11.5 Å². The van der Waals surface area contributed by atoms with Crippen molar-refractivity contribution in [2.24, 2.45) is 0 Å². The average molecular weight is 331 g/mol. The SMILES string of the molecule is COc1cc(/C=C/c2ccncc2)ccc1OC(=O)c1ccccc1. The molecule has 0 bridgehead atoms. The van der Waals surface area contributed by atoms with Gasteiger partial charge in [-0.1, -0.05) is 36.4 Å². The first kappa shape index (κ1) is 16.5. The molecule has 25 heavy (non-hydrogen) atoms. The minimum Gasteiger partial charge on any atom is -0.493 e. The molecule has 0 aliphatic carbocycles. The fourth-order valence-electron chi connectivity index (χ4n) is 2.27. The molecule has 0 saturated heterocycles. The minimum atomic E-state index is -0.418. The number of esters is 1. The molecule has 124 valence electrons. The normalized spacial score (nSPS) is 10.6. The molecule has 4 nitrogen and oxygen atoms in total. The van der Waals surface area contributed by atoms with E-state index in [1.165, 1.54) is 0 Å². The highest BCUT2D eigenvalue weighted by molar-refractivity contribution is 5.91. The molecule has 0 spiro atoms. The van der Waals surface area contributed by atoms with Gasteiger partial charge in [-0.2, -0.15) is 0 Å². The van der Waals surface area contributed by atoms with Crippen molar-refractivity contribution in [3.05, 3.63) is 89.7 Å². The number of hydrogen-bond acceptors (Lipinski definition) is 4. The first-order chi connectivity index (χ1) is 12.3. The number of nitrogens with zero attached hydrogens (tertiary/aromatic N) is 1. The molecule has 3 aromatic rings. The lowest BCUT2D eigenvalue weighted by Crippen LogP contribution is -2.09. The summed E-state index contributed by atoms with van der Waals surface area (Å²) >= 11 is 0. The summed E-state index contributed by atoms with van der Waals surface area (Å²) in [5, 5.41) is 0. The number of methoxy groups -OCH3 is 1. The Morgan fingerprint density at radius 3 is 2.32 bits per heavy atom. The molecule has 0 aliphatic heterocycles. The number of benzene rings is 2. The smallest absolute Gasteiger partial charge is 0.343 e. The van der Waals surface area contributed by atoms with Gasteiger partial charge in [-0.3, -0.25) is 4.98 Å². The first-order valence-corrected chi connectivity index (χ1v) is 7.79. The molecular formula is C21H17NO3. The Morgan fingerprint density at radius 2 is 1.60 bits per heavy atom. The number of hydrogen-bond donors (Lipinski definition) is 0. The quantitative estimate of drug-likeness (QED) is 0.511. The Balaban J connectivity index is 1.78. The second-order valence-electron chi connectivity index (χ2n) is 5.28. The Labute approximate surface area is 146 Å². The molecule has 0 N–H and O–H groups in total. The van der Waals surface area contributed by atoms with Gasteiger partial charge in [0.25, 0.3) is 0 Å². The van der Waals surface area contributed by atoms with Gasteiger partial charge in [-0.15, -0.1) is 0 Å². The molecule has 0 amide bonds. The average Bonchev–Trinajstić information content (AvgIpc) is 2.68. The number of carbonyl (C=O) groups is 1. The standard InChI is InChI=1S/C21H17NO3/c1-24-20-15-17(8-7-16-11-13-22-14-12-16)9-10-19(20)25-21(23)18-5-3-2-4-6-18/h2-15H,1H3/b8-7+. The summed E-state index contributed by atoms with van der Waals surface area (Å²) in [4.78, 5) is 16.2. The molecule has 0 aliphatic rings. The maximum absolute atomic E-state index is 12.2. The van der Waals surface area contributed by atoms with Gasteiger partial charge in [0.1, 0.15) is 0 Å². The lowest BCUT2D eigenvalue weighted by atomic mass is 10.1. The van der Waals surface area contributed by atoms with Crippen molar-refractivity contribution in [2.75, 3.05) is 7.11 Å². The summed E-state index contributed by atoms with van der Waals surface area (Å²) in [7, 11) is 1.55. The summed E-state index contributed by atoms with van der Waals surface area (Å²) in [6.45, 7) is 0. The van der Waals surface area contributed by atoms with Crippen LogP contribution in [-0.4, -0.2) is 18.1 Å². The molecule has 2 aromatic carbocycles. The van der Waals surface area contributed by atoms with Crippen molar-refractivity contribution in [3.63, 3.8) is 0 Å². The number of aromatic nitrogens is 1. The monoisotopic (exact) mass is 331 g/mol. The highest BCUT2D eigenvalue weighted by atomic mass is 16.6. The number of pyridine rings is 1. The Hall–Kier alpha value is -3.40. The van der Waals surface area contributed by atoms with Gasteiger partial charge in [0, 0.05) is 12.4 Å². The van der Waals surface area contributed by atoms with Crippen LogP contribution in [0.15, 0.2) is 73.1 Å². The minimum absolute atomic E-state index is 0.386. The fraction of sp³-hybridized carbons (Fsp3) is 0.0476. The van der Waals surface area contributed by atoms with E-state index >= 15 is 0 Å². The van der Waals surface area contributed by atoms with Crippen LogP contribution in [-0.2, 0) is 0 Å². The topological polar surface area (TPSA) is 48.4 Å². The van der Waals surface area contributed by atoms with Gasteiger partial charge in [0.05, 0.1) is 12.7 Å². The molecule has 0 radical (unpaired) electrons. The van der Waals surface area contributed by atoms with Gasteiger partial charge < -0.3 is 9.47 Å². The summed E-state index contributed by atoms with van der Waals surface area (Å²) in [5.74, 6) is 0.470. The van der Waals surface area contributed by atoms with E-state index in [4.69, 9.17) is 9.47 Å². The molecule has 1 aromatic heterocycles. The zero-order chi connectivity index (χ0) is 17.5. The van der Waals surface area contributed by atoms with Gasteiger partial charge in [-0.25, -0.2) is 4.79 Å². The van der Waals surface area contributed by atoms with Crippen molar-refractivity contribution >= 4 is 18.1 Å². The summed E-state index contributed by atoms with van der Waals surface area (Å²) in [6.07, 6.45) is 7.42. The van der Waals surface area contributed by atoms with Gasteiger partial charge in [0.2, 0.25) is 0 Å². The zero-order valence-corrected chi connectivity index (χ0v) is 13.8. The van der Waals surface area contributed by atoms with Crippen LogP contribution in [0.25, 0.3) is 12.2 Å². The third-order valence-corrected chi connectivity index (χ3v) is 3.57. The predicted octanol–water partition coefficient (Wildman–Crippen LogP) is 4.48. The second kappa shape index (κ2) is 7.93. The first-order valence-electron chi connectivity index (χ1n) is 7.79. The third kappa shape index (κ3) is 4.32. The van der Waals surface area contributed by atoms with Crippen LogP contribution in [0, 0.1) is 0 Å². The van der Waals surface area contributed by atoms with Gasteiger partial charge in [0.15, 0.2) is 11.5 Å². The molecule has 0 atom stereocenters. The zero-order valence-electron chi connectivity index (χ0n) is 13.8. The van der Waals surface area contributed by atoms with Crippen molar-refractivity contribution in [1.82, 2.24) is 4.98 Å². The van der Waals surface area contributed by atoms with E-state index < -0.39 is 5.97 Å². The van der Waals surface area contributed by atoms with Crippen molar-refractivity contribution in [2.45, 2.75) is 0 Å². The van der Waals surface area contributed by atoms with E-state index in [2.05, 4.69) is 4.98 Å². The molecule has 4 heteroatoms. The van der Waals surface area contributed by atoms with Crippen LogP contribution in [0.1, 0.15) is 21.5 Å². The van der Waals surface area contributed by atoms with Crippen LogP contribution in [0.2, 0.25) is 0 Å². The van der Waals surface area contributed by atoms with Gasteiger partial charge >= 0.3 is 5.97 Å². The van der Waals surface area contributed by atoms with E-state index in [-0.39, 0.29) is 0 Å². The number of carbonyl (C=O) groups excluding carboxylic acids is 1. The number of ether oxygens (including phenoxy) is 2. The maximum atomic E-state index is 12.2. The Bertz CT molecular complexity index is 874. The van der Waals surface area contributed by atoms with E-state index in [0.717, 1.165) is 11.1 Å². The Morgan fingerprint density at radius 1 is 0.880 bits per heavy atom. The lowest BCUT2D eigenvalue weighted by molar-refractivity contribution is 0.0729.